The summed E-state index contributed by atoms with van der Waals surface area (Å²) in [6.07, 6.45) is 2.71. The maximum absolute atomic E-state index is 2.62. The quantitative estimate of drug-likeness (QED) is 0.836. The molecule has 0 amide bonds. The Morgan fingerprint density at radius 3 is 2.42 bits per heavy atom. The first-order chi connectivity index (χ1) is 12.8. The van der Waals surface area contributed by atoms with Crippen LogP contribution >= 0.6 is 0 Å². The van der Waals surface area contributed by atoms with E-state index in [1.165, 1.54) is 67.8 Å². The van der Waals surface area contributed by atoms with Gasteiger partial charge in [-0.3, -0.25) is 14.7 Å². The molecule has 2 bridgehead atoms. The van der Waals surface area contributed by atoms with Crippen LogP contribution in [-0.2, 0) is 6.54 Å². The van der Waals surface area contributed by atoms with Crippen molar-refractivity contribution in [3.8, 4) is 11.1 Å². The molecule has 0 N–H and O–H groups in total. The second kappa shape index (κ2) is 6.80. The topological polar surface area (TPSA) is 9.72 Å². The summed E-state index contributed by atoms with van der Waals surface area (Å²) in [6.45, 7) is 7.26. The highest BCUT2D eigenvalue weighted by Crippen LogP contribution is 2.39. The second-order valence-electron chi connectivity index (χ2n) is 8.29. The average Bonchev–Trinajstić information content (AvgIpc) is 3.15. The number of hydrogen-bond acceptors (Lipinski definition) is 3. The molecule has 3 nitrogen and oxygen atoms in total. The van der Waals surface area contributed by atoms with Gasteiger partial charge >= 0.3 is 0 Å². The van der Waals surface area contributed by atoms with E-state index in [-0.39, 0.29) is 0 Å². The van der Waals surface area contributed by atoms with Crippen molar-refractivity contribution in [1.82, 2.24) is 14.7 Å². The van der Waals surface area contributed by atoms with Gasteiger partial charge in [-0.05, 0) is 61.3 Å². The van der Waals surface area contributed by atoms with Crippen LogP contribution in [0, 0.1) is 0 Å². The first-order valence-corrected chi connectivity index (χ1v) is 10.1. The molecule has 4 heterocycles. The zero-order chi connectivity index (χ0) is 17.5. The Labute approximate surface area is 157 Å². The van der Waals surface area contributed by atoms with Crippen LogP contribution in [0.2, 0.25) is 0 Å². The van der Waals surface area contributed by atoms with E-state index in [0.29, 0.717) is 12.1 Å². The minimum atomic E-state index is 0.601. The van der Waals surface area contributed by atoms with Crippen molar-refractivity contribution in [2.75, 3.05) is 39.8 Å². The summed E-state index contributed by atoms with van der Waals surface area (Å²) >= 11 is 0. The SMILES string of the molecule is CN1CCN2CC1C2c1ccc(-c2cccc(CN3CCCC3)c2)cc1. The maximum Gasteiger partial charge on any atom is 0.0517 e. The fourth-order valence-electron chi connectivity index (χ4n) is 4.98. The van der Waals surface area contributed by atoms with Crippen LogP contribution in [0.25, 0.3) is 11.1 Å². The predicted molar refractivity (Wildman–Crippen MR) is 107 cm³/mol. The Bertz CT molecular complexity index is 761. The third-order valence-electron chi connectivity index (χ3n) is 6.60. The van der Waals surface area contributed by atoms with Crippen LogP contribution in [0.3, 0.4) is 0 Å². The summed E-state index contributed by atoms with van der Waals surface area (Å²) in [6, 6.07) is 19.8. The molecule has 2 aromatic rings. The fraction of sp³-hybridized carbons (Fsp3) is 0.478. The van der Waals surface area contributed by atoms with Crippen molar-refractivity contribution in [3.05, 3.63) is 59.7 Å². The van der Waals surface area contributed by atoms with E-state index >= 15 is 0 Å². The molecule has 4 fully saturated rings. The standard InChI is InChI=1S/C23H29N3/c1-24-13-14-26-17-22(24)23(26)20-9-7-19(8-10-20)21-6-4-5-18(15-21)16-25-11-2-3-12-25/h4-10,15,22-23H,2-3,11-14,16-17H2,1H3. The van der Waals surface area contributed by atoms with Gasteiger partial charge in [-0.15, -0.1) is 0 Å². The smallest absolute Gasteiger partial charge is 0.0517 e. The molecule has 4 saturated heterocycles. The Morgan fingerprint density at radius 1 is 0.885 bits per heavy atom. The molecule has 0 radical (unpaired) electrons. The lowest BCUT2D eigenvalue weighted by Crippen LogP contribution is -2.66. The number of likely N-dealkylation sites (tertiary alicyclic amines) is 1. The maximum atomic E-state index is 2.62. The number of rotatable bonds is 4. The van der Waals surface area contributed by atoms with Crippen molar-refractivity contribution in [2.45, 2.75) is 31.5 Å². The molecule has 0 saturated carbocycles. The molecule has 136 valence electrons. The Kier molecular flexibility index (Phi) is 4.32. The van der Waals surface area contributed by atoms with Gasteiger partial charge in [0.2, 0.25) is 0 Å². The van der Waals surface area contributed by atoms with E-state index in [9.17, 15) is 0 Å². The number of benzene rings is 2. The number of nitrogens with zero attached hydrogens (tertiary/aromatic N) is 3. The van der Waals surface area contributed by atoms with Gasteiger partial charge in [0.15, 0.2) is 0 Å². The summed E-state index contributed by atoms with van der Waals surface area (Å²) in [5.41, 5.74) is 5.60. The number of piperazine rings is 2. The van der Waals surface area contributed by atoms with Crippen LogP contribution < -0.4 is 0 Å². The highest BCUT2D eigenvalue weighted by Gasteiger charge is 2.45. The molecule has 3 heteroatoms. The minimum absolute atomic E-state index is 0.601. The summed E-state index contributed by atoms with van der Waals surface area (Å²) < 4.78 is 0. The zero-order valence-corrected chi connectivity index (χ0v) is 15.8. The molecule has 3 atom stereocenters. The van der Waals surface area contributed by atoms with Gasteiger partial charge in [-0.25, -0.2) is 0 Å². The first-order valence-electron chi connectivity index (χ1n) is 10.1. The molecule has 6 rings (SSSR count). The zero-order valence-electron chi connectivity index (χ0n) is 15.8. The van der Waals surface area contributed by atoms with E-state index in [2.05, 4.69) is 70.3 Å². The lowest BCUT2D eigenvalue weighted by atomic mass is 9.85. The largest absolute Gasteiger partial charge is 0.299 e. The Morgan fingerprint density at radius 2 is 1.69 bits per heavy atom. The van der Waals surface area contributed by atoms with Crippen molar-refractivity contribution < 1.29 is 0 Å². The van der Waals surface area contributed by atoms with Crippen molar-refractivity contribution in [2.24, 2.45) is 0 Å². The highest BCUT2D eigenvalue weighted by atomic mass is 15.4. The first kappa shape index (κ1) is 16.5. The second-order valence-corrected chi connectivity index (χ2v) is 8.29. The van der Waals surface area contributed by atoms with Gasteiger partial charge in [0.05, 0.1) is 6.04 Å². The van der Waals surface area contributed by atoms with E-state index < -0.39 is 0 Å². The normalized spacial score (nSPS) is 28.9. The van der Waals surface area contributed by atoms with Crippen molar-refractivity contribution in [1.29, 1.82) is 0 Å². The Hall–Kier alpha value is -1.68. The molecule has 0 aromatic heterocycles. The monoisotopic (exact) mass is 347 g/mol. The van der Waals surface area contributed by atoms with Crippen LogP contribution in [-0.4, -0.2) is 60.5 Å². The number of fused-ring (bicyclic) bond motifs is 2. The molecule has 3 unspecified atom stereocenters. The number of likely N-dealkylation sites (N-methyl/N-ethyl adjacent to an activating group) is 1. The average molecular weight is 348 g/mol. The molecule has 0 spiro atoms. The highest BCUT2D eigenvalue weighted by molar-refractivity contribution is 5.64. The Balaban J connectivity index is 1.33. The van der Waals surface area contributed by atoms with E-state index in [0.717, 1.165) is 6.54 Å². The van der Waals surface area contributed by atoms with E-state index in [1.54, 1.807) is 0 Å². The van der Waals surface area contributed by atoms with Gasteiger partial charge in [0.1, 0.15) is 0 Å². The number of hydrogen-bond donors (Lipinski definition) is 0. The van der Waals surface area contributed by atoms with E-state index in [4.69, 9.17) is 0 Å². The lowest BCUT2D eigenvalue weighted by molar-refractivity contribution is -0.0718. The van der Waals surface area contributed by atoms with Crippen molar-refractivity contribution >= 4 is 0 Å². The van der Waals surface area contributed by atoms with Gasteiger partial charge in [-0.2, -0.15) is 0 Å². The summed E-state index contributed by atoms with van der Waals surface area (Å²) in [5.74, 6) is 0. The molecule has 4 aliphatic rings. The van der Waals surface area contributed by atoms with Gasteiger partial charge in [-0.1, -0.05) is 42.5 Å². The van der Waals surface area contributed by atoms with Crippen LogP contribution in [0.5, 0.6) is 0 Å². The summed E-state index contributed by atoms with van der Waals surface area (Å²) in [5, 5.41) is 0. The van der Waals surface area contributed by atoms with E-state index in [1.807, 2.05) is 0 Å². The molecule has 4 aliphatic heterocycles. The van der Waals surface area contributed by atoms with Crippen LogP contribution in [0.4, 0.5) is 0 Å². The third-order valence-corrected chi connectivity index (χ3v) is 6.60. The molecule has 26 heavy (non-hydrogen) atoms. The lowest BCUT2D eigenvalue weighted by Gasteiger charge is -2.57. The van der Waals surface area contributed by atoms with Crippen LogP contribution in [0.1, 0.15) is 30.0 Å². The molecular formula is C23H29N3. The molecule has 2 aromatic carbocycles. The van der Waals surface area contributed by atoms with Crippen LogP contribution in [0.15, 0.2) is 48.5 Å². The van der Waals surface area contributed by atoms with Gasteiger partial charge in [0, 0.05) is 32.2 Å². The summed E-state index contributed by atoms with van der Waals surface area (Å²) in [4.78, 5) is 7.72. The predicted octanol–water partition coefficient (Wildman–Crippen LogP) is 3.62. The fourth-order valence-corrected chi connectivity index (χ4v) is 4.98. The van der Waals surface area contributed by atoms with Crippen molar-refractivity contribution in [3.63, 3.8) is 0 Å². The van der Waals surface area contributed by atoms with Gasteiger partial charge < -0.3 is 0 Å². The third kappa shape index (κ3) is 2.98. The minimum Gasteiger partial charge on any atom is -0.299 e. The summed E-state index contributed by atoms with van der Waals surface area (Å²) in [7, 11) is 2.27. The molecular weight excluding hydrogens is 318 g/mol. The van der Waals surface area contributed by atoms with Gasteiger partial charge in [0.25, 0.3) is 0 Å². The molecule has 0 aliphatic carbocycles.